The number of rotatable bonds is 7. The number of benzene rings is 2. The van der Waals surface area contributed by atoms with E-state index in [1.807, 2.05) is 32.0 Å². The lowest BCUT2D eigenvalue weighted by Crippen LogP contribution is -2.25. The summed E-state index contributed by atoms with van der Waals surface area (Å²) in [5.74, 6) is 3.05. The van der Waals surface area contributed by atoms with Crippen LogP contribution >= 0.6 is 0 Å². The Balaban J connectivity index is 1.67. The third kappa shape index (κ3) is 4.70. The van der Waals surface area contributed by atoms with Gasteiger partial charge in [-0.3, -0.25) is 0 Å². The Bertz CT molecular complexity index is 710. The molecule has 1 aliphatic heterocycles. The van der Waals surface area contributed by atoms with Crippen LogP contribution in [0, 0.1) is 5.92 Å². The van der Waals surface area contributed by atoms with Crippen molar-refractivity contribution in [3.05, 3.63) is 53.6 Å². The maximum Gasteiger partial charge on any atom is 0.161 e. The predicted molar refractivity (Wildman–Crippen MR) is 104 cm³/mol. The van der Waals surface area contributed by atoms with Gasteiger partial charge in [-0.25, -0.2) is 0 Å². The summed E-state index contributed by atoms with van der Waals surface area (Å²) in [5, 5.41) is 3.68. The molecule has 0 amide bonds. The molecule has 0 fully saturated rings. The third-order valence-corrected chi connectivity index (χ3v) is 4.41. The highest BCUT2D eigenvalue weighted by Gasteiger charge is 2.19. The van der Waals surface area contributed by atoms with Crippen LogP contribution in [0.2, 0.25) is 0 Å². The van der Waals surface area contributed by atoms with Crippen molar-refractivity contribution in [1.29, 1.82) is 0 Å². The normalized spacial score (nSPS) is 14.5. The lowest BCUT2D eigenvalue weighted by atomic mass is 9.95. The maximum atomic E-state index is 5.73. The molecule has 0 aromatic heterocycles. The number of hydrogen-bond acceptors (Lipinski definition) is 4. The van der Waals surface area contributed by atoms with E-state index in [-0.39, 0.29) is 12.1 Å². The molecule has 0 saturated carbocycles. The van der Waals surface area contributed by atoms with E-state index in [4.69, 9.17) is 14.2 Å². The first-order valence-electron chi connectivity index (χ1n) is 9.41. The molecule has 0 aliphatic carbocycles. The van der Waals surface area contributed by atoms with Gasteiger partial charge in [0.25, 0.3) is 0 Å². The quantitative estimate of drug-likeness (QED) is 0.779. The van der Waals surface area contributed by atoms with E-state index in [0.717, 1.165) is 23.8 Å². The molecule has 2 aromatic rings. The van der Waals surface area contributed by atoms with Gasteiger partial charge in [0.05, 0.1) is 6.10 Å². The number of hydrogen-bond donors (Lipinski definition) is 1. The molecule has 0 spiro atoms. The van der Waals surface area contributed by atoms with Gasteiger partial charge in [-0.05, 0) is 55.2 Å². The Hall–Kier alpha value is -2.20. The van der Waals surface area contributed by atoms with Gasteiger partial charge in [0, 0.05) is 12.6 Å². The van der Waals surface area contributed by atoms with Crippen LogP contribution in [0.4, 0.5) is 0 Å². The second-order valence-corrected chi connectivity index (χ2v) is 7.32. The summed E-state index contributed by atoms with van der Waals surface area (Å²) in [5.41, 5.74) is 2.47. The van der Waals surface area contributed by atoms with Crippen molar-refractivity contribution >= 4 is 0 Å². The molecule has 2 aromatic carbocycles. The molecule has 1 N–H and O–H groups in total. The molecule has 1 heterocycles. The topological polar surface area (TPSA) is 39.7 Å². The summed E-state index contributed by atoms with van der Waals surface area (Å²) < 4.78 is 17.1. The SMILES string of the molecule is CC(C)Oc1ccc(CNC(c2ccc3c(c2)OCCO3)C(C)C)cc1. The van der Waals surface area contributed by atoms with Crippen molar-refractivity contribution in [2.75, 3.05) is 13.2 Å². The fraction of sp³-hybridized carbons (Fsp3) is 0.455. The van der Waals surface area contributed by atoms with E-state index >= 15 is 0 Å². The summed E-state index contributed by atoms with van der Waals surface area (Å²) >= 11 is 0. The Morgan fingerprint density at radius 3 is 2.27 bits per heavy atom. The first-order valence-corrected chi connectivity index (χ1v) is 9.41. The van der Waals surface area contributed by atoms with Gasteiger partial charge in [-0.1, -0.05) is 32.0 Å². The minimum absolute atomic E-state index is 0.194. The van der Waals surface area contributed by atoms with Gasteiger partial charge < -0.3 is 19.5 Å². The zero-order chi connectivity index (χ0) is 18.5. The molecule has 1 unspecified atom stereocenters. The van der Waals surface area contributed by atoms with Gasteiger partial charge in [0.15, 0.2) is 11.5 Å². The summed E-state index contributed by atoms with van der Waals surface area (Å²) in [6.07, 6.45) is 0.194. The van der Waals surface area contributed by atoms with E-state index < -0.39 is 0 Å². The van der Waals surface area contributed by atoms with Crippen molar-refractivity contribution in [1.82, 2.24) is 5.32 Å². The molecule has 140 valence electrons. The Kier molecular flexibility index (Phi) is 6.04. The number of nitrogens with one attached hydrogen (secondary N) is 1. The molecule has 0 saturated heterocycles. The fourth-order valence-electron chi connectivity index (χ4n) is 3.18. The second kappa shape index (κ2) is 8.45. The monoisotopic (exact) mass is 355 g/mol. The maximum absolute atomic E-state index is 5.73. The Morgan fingerprint density at radius 2 is 1.62 bits per heavy atom. The number of ether oxygens (including phenoxy) is 3. The van der Waals surface area contributed by atoms with Crippen molar-refractivity contribution in [2.45, 2.75) is 46.4 Å². The van der Waals surface area contributed by atoms with Gasteiger partial charge in [-0.15, -0.1) is 0 Å². The highest BCUT2D eigenvalue weighted by Crippen LogP contribution is 2.34. The van der Waals surface area contributed by atoms with E-state index in [9.17, 15) is 0 Å². The summed E-state index contributed by atoms with van der Waals surface area (Å²) in [6, 6.07) is 14.8. The van der Waals surface area contributed by atoms with Crippen molar-refractivity contribution in [2.24, 2.45) is 5.92 Å². The summed E-state index contributed by atoms with van der Waals surface area (Å²) in [4.78, 5) is 0. The van der Waals surface area contributed by atoms with Crippen LogP contribution in [-0.4, -0.2) is 19.3 Å². The molecule has 4 nitrogen and oxygen atoms in total. The third-order valence-electron chi connectivity index (χ3n) is 4.41. The van der Waals surface area contributed by atoms with Crippen LogP contribution in [0.1, 0.15) is 44.9 Å². The first-order chi connectivity index (χ1) is 12.5. The Labute approximate surface area is 156 Å². The largest absolute Gasteiger partial charge is 0.491 e. The first kappa shape index (κ1) is 18.6. The van der Waals surface area contributed by atoms with Gasteiger partial charge in [-0.2, -0.15) is 0 Å². The lowest BCUT2D eigenvalue weighted by Gasteiger charge is -2.25. The van der Waals surface area contributed by atoms with Gasteiger partial charge >= 0.3 is 0 Å². The molecule has 4 heteroatoms. The van der Waals surface area contributed by atoms with Crippen LogP contribution in [0.5, 0.6) is 17.2 Å². The van der Waals surface area contributed by atoms with Crippen LogP contribution in [0.15, 0.2) is 42.5 Å². The minimum atomic E-state index is 0.194. The van der Waals surface area contributed by atoms with Crippen molar-refractivity contribution in [3.63, 3.8) is 0 Å². The molecule has 1 aliphatic rings. The zero-order valence-electron chi connectivity index (χ0n) is 16.1. The van der Waals surface area contributed by atoms with Crippen LogP contribution in [0.25, 0.3) is 0 Å². The van der Waals surface area contributed by atoms with E-state index in [0.29, 0.717) is 19.1 Å². The van der Waals surface area contributed by atoms with E-state index in [1.165, 1.54) is 11.1 Å². The average molecular weight is 355 g/mol. The van der Waals surface area contributed by atoms with Gasteiger partial charge in [0.2, 0.25) is 0 Å². The molecule has 0 bridgehead atoms. The summed E-state index contributed by atoms with van der Waals surface area (Å²) in [7, 11) is 0. The number of fused-ring (bicyclic) bond motifs is 1. The molecule has 0 radical (unpaired) electrons. The van der Waals surface area contributed by atoms with Crippen LogP contribution in [0.3, 0.4) is 0 Å². The van der Waals surface area contributed by atoms with Crippen LogP contribution < -0.4 is 19.5 Å². The van der Waals surface area contributed by atoms with E-state index in [1.54, 1.807) is 0 Å². The summed E-state index contributed by atoms with van der Waals surface area (Å²) in [6.45, 7) is 10.6. The smallest absolute Gasteiger partial charge is 0.161 e. The standard InChI is InChI=1S/C22H29NO3/c1-15(2)22(18-7-10-20-21(13-18)25-12-11-24-20)23-14-17-5-8-19(9-6-17)26-16(3)4/h5-10,13,15-16,22-23H,11-12,14H2,1-4H3. The lowest BCUT2D eigenvalue weighted by molar-refractivity contribution is 0.171. The molecular formula is C22H29NO3. The van der Waals surface area contributed by atoms with Crippen LogP contribution in [-0.2, 0) is 6.54 Å². The fourth-order valence-corrected chi connectivity index (χ4v) is 3.18. The molecule has 1 atom stereocenters. The molecule has 3 rings (SSSR count). The van der Waals surface area contributed by atoms with Crippen molar-refractivity contribution < 1.29 is 14.2 Å². The second-order valence-electron chi connectivity index (χ2n) is 7.32. The van der Waals surface area contributed by atoms with Gasteiger partial charge in [0.1, 0.15) is 19.0 Å². The average Bonchev–Trinajstić information content (AvgIpc) is 2.62. The Morgan fingerprint density at radius 1 is 0.923 bits per heavy atom. The minimum Gasteiger partial charge on any atom is -0.491 e. The zero-order valence-corrected chi connectivity index (χ0v) is 16.1. The highest BCUT2D eigenvalue weighted by atomic mass is 16.6. The van der Waals surface area contributed by atoms with E-state index in [2.05, 4.69) is 43.4 Å². The molecular weight excluding hydrogens is 326 g/mol. The highest BCUT2D eigenvalue weighted by molar-refractivity contribution is 5.44. The predicted octanol–water partition coefficient (Wildman–Crippen LogP) is 4.73. The molecule has 26 heavy (non-hydrogen) atoms. The van der Waals surface area contributed by atoms with Crippen molar-refractivity contribution in [3.8, 4) is 17.2 Å².